The highest BCUT2D eigenvalue weighted by Crippen LogP contribution is 2.40. The SMILES string of the molecule is CC1CCC(Cn2c(N3CCC[C@H]3C(F)(F)F)nc3cc(/C(N)=N/O)nc(-c4cncc(Cl)c4)c32)CC1. The van der Waals surface area contributed by atoms with Gasteiger partial charge in [-0.2, -0.15) is 13.2 Å². The number of pyridine rings is 2. The second-order valence-electron chi connectivity index (χ2n) is 10.1. The van der Waals surface area contributed by atoms with Crippen LogP contribution in [0.3, 0.4) is 0 Å². The molecule has 0 spiro atoms. The highest BCUT2D eigenvalue weighted by Gasteiger charge is 2.47. The lowest BCUT2D eigenvalue weighted by molar-refractivity contribution is -0.146. The fraction of sp³-hybridized carbons (Fsp3) is 0.520. The average molecular weight is 536 g/mol. The quantitative estimate of drug-likeness (QED) is 0.191. The number of anilines is 1. The number of alkyl halides is 3. The van der Waals surface area contributed by atoms with Gasteiger partial charge >= 0.3 is 6.18 Å². The smallest absolute Gasteiger partial charge is 0.408 e. The van der Waals surface area contributed by atoms with E-state index in [1.54, 1.807) is 18.3 Å². The Bertz CT molecular complexity index is 1320. The molecule has 3 aromatic rings. The summed E-state index contributed by atoms with van der Waals surface area (Å²) in [7, 11) is 0. The van der Waals surface area contributed by atoms with Gasteiger partial charge in [0.1, 0.15) is 11.7 Å². The molecule has 1 aliphatic heterocycles. The van der Waals surface area contributed by atoms with E-state index in [1.165, 1.54) is 11.1 Å². The molecule has 2 aliphatic rings. The Morgan fingerprint density at radius 3 is 2.59 bits per heavy atom. The Balaban J connectivity index is 1.74. The van der Waals surface area contributed by atoms with Gasteiger partial charge in [-0.1, -0.05) is 36.5 Å². The minimum Gasteiger partial charge on any atom is -0.409 e. The van der Waals surface area contributed by atoms with Crippen molar-refractivity contribution >= 4 is 34.4 Å². The van der Waals surface area contributed by atoms with Gasteiger partial charge in [0.25, 0.3) is 0 Å². The number of hydrogen-bond acceptors (Lipinski definition) is 6. The molecule has 3 N–H and O–H groups in total. The molecule has 4 heterocycles. The van der Waals surface area contributed by atoms with Gasteiger partial charge in [0.15, 0.2) is 5.84 Å². The van der Waals surface area contributed by atoms with Gasteiger partial charge in [0, 0.05) is 31.0 Å². The molecule has 0 aromatic carbocycles. The van der Waals surface area contributed by atoms with Crippen LogP contribution < -0.4 is 10.6 Å². The molecule has 3 aromatic heterocycles. The van der Waals surface area contributed by atoms with E-state index in [0.717, 1.165) is 25.7 Å². The molecule has 1 saturated carbocycles. The molecule has 0 bridgehead atoms. The van der Waals surface area contributed by atoms with Crippen LogP contribution in [-0.2, 0) is 6.54 Å². The molecule has 12 heteroatoms. The van der Waals surface area contributed by atoms with Crippen molar-refractivity contribution < 1.29 is 18.4 Å². The van der Waals surface area contributed by atoms with Crippen molar-refractivity contribution in [2.24, 2.45) is 22.7 Å². The maximum absolute atomic E-state index is 14.0. The van der Waals surface area contributed by atoms with Crippen molar-refractivity contribution in [1.29, 1.82) is 0 Å². The van der Waals surface area contributed by atoms with E-state index in [2.05, 4.69) is 22.0 Å². The Morgan fingerprint density at radius 1 is 1.16 bits per heavy atom. The molecular weight excluding hydrogens is 507 g/mol. The van der Waals surface area contributed by atoms with E-state index in [1.807, 2.05) is 4.57 Å². The zero-order valence-corrected chi connectivity index (χ0v) is 21.2. The molecule has 1 aliphatic carbocycles. The highest BCUT2D eigenvalue weighted by molar-refractivity contribution is 6.30. The van der Waals surface area contributed by atoms with Crippen LogP contribution in [0.15, 0.2) is 29.7 Å². The molecule has 37 heavy (non-hydrogen) atoms. The van der Waals surface area contributed by atoms with Gasteiger partial charge in [0.05, 0.1) is 21.7 Å². The van der Waals surface area contributed by atoms with Crippen LogP contribution in [0.5, 0.6) is 0 Å². The van der Waals surface area contributed by atoms with Crippen molar-refractivity contribution in [3.63, 3.8) is 0 Å². The van der Waals surface area contributed by atoms with E-state index in [4.69, 9.17) is 22.3 Å². The van der Waals surface area contributed by atoms with Crippen LogP contribution in [0.4, 0.5) is 19.1 Å². The van der Waals surface area contributed by atoms with Gasteiger partial charge in [-0.3, -0.25) is 4.98 Å². The van der Waals surface area contributed by atoms with Crippen LogP contribution in [0.25, 0.3) is 22.3 Å². The Morgan fingerprint density at radius 2 is 1.92 bits per heavy atom. The second-order valence-corrected chi connectivity index (χ2v) is 10.6. The summed E-state index contributed by atoms with van der Waals surface area (Å²) in [5.74, 6) is 0.975. The van der Waals surface area contributed by atoms with Gasteiger partial charge < -0.3 is 20.4 Å². The van der Waals surface area contributed by atoms with Crippen molar-refractivity contribution in [3.8, 4) is 11.3 Å². The average Bonchev–Trinajstić information content (AvgIpc) is 3.49. The molecular formula is C25H29ClF3N7O. The normalized spacial score (nSPS) is 23.2. The topological polar surface area (TPSA) is 105 Å². The maximum Gasteiger partial charge on any atom is 0.408 e. The maximum atomic E-state index is 14.0. The lowest BCUT2D eigenvalue weighted by Gasteiger charge is -2.31. The summed E-state index contributed by atoms with van der Waals surface area (Å²) in [5.41, 5.74) is 8.00. The van der Waals surface area contributed by atoms with Crippen LogP contribution in [0.2, 0.25) is 5.02 Å². The largest absolute Gasteiger partial charge is 0.409 e. The first kappa shape index (κ1) is 25.6. The summed E-state index contributed by atoms with van der Waals surface area (Å²) in [6.07, 6.45) is 3.28. The fourth-order valence-electron chi connectivity index (χ4n) is 5.58. The van der Waals surface area contributed by atoms with Gasteiger partial charge in [-0.05, 0) is 49.7 Å². The number of hydrogen-bond donors (Lipinski definition) is 2. The van der Waals surface area contributed by atoms with E-state index in [9.17, 15) is 18.4 Å². The summed E-state index contributed by atoms with van der Waals surface area (Å²) in [6, 6.07) is 1.62. The molecule has 198 valence electrons. The van der Waals surface area contributed by atoms with E-state index in [0.29, 0.717) is 52.1 Å². The van der Waals surface area contributed by atoms with E-state index >= 15 is 0 Å². The predicted octanol–water partition coefficient (Wildman–Crippen LogP) is 5.60. The van der Waals surface area contributed by atoms with E-state index in [-0.39, 0.29) is 30.4 Å². The Labute approximate surface area is 217 Å². The summed E-state index contributed by atoms with van der Waals surface area (Å²) < 4.78 is 43.9. The Hall–Kier alpha value is -3.08. The van der Waals surface area contributed by atoms with E-state index < -0.39 is 12.2 Å². The third-order valence-electron chi connectivity index (χ3n) is 7.52. The number of amidine groups is 1. The minimum atomic E-state index is -4.38. The molecule has 0 radical (unpaired) electrons. The van der Waals surface area contributed by atoms with Crippen molar-refractivity contribution in [2.75, 3.05) is 11.4 Å². The molecule has 5 rings (SSSR count). The number of nitrogens with two attached hydrogens (primary N) is 1. The van der Waals surface area contributed by atoms with Crippen LogP contribution in [0.1, 0.15) is 51.1 Å². The second kappa shape index (κ2) is 10.00. The predicted molar refractivity (Wildman–Crippen MR) is 136 cm³/mol. The number of fused-ring (bicyclic) bond motifs is 1. The summed E-state index contributed by atoms with van der Waals surface area (Å²) in [4.78, 5) is 14.9. The standard InChI is InChI=1S/C25H29ClF3N7O/c1-14-4-6-15(7-5-14)13-36-22-18(33-24(36)35-8-2-3-20(35)25(27,28)29)10-19(23(30)34-37)32-21(22)16-9-17(26)12-31-11-16/h9-12,14-15,20,37H,2-8,13H2,1H3,(H2,30,34)/t14?,15?,20-/m0/s1. The molecule has 1 atom stereocenters. The molecule has 2 fully saturated rings. The van der Waals surface area contributed by atoms with Crippen molar-refractivity contribution in [2.45, 2.75) is 64.2 Å². The molecule has 8 nitrogen and oxygen atoms in total. The van der Waals surface area contributed by atoms with Gasteiger partial charge in [0.2, 0.25) is 5.95 Å². The third kappa shape index (κ3) is 5.05. The number of nitrogens with zero attached hydrogens (tertiary/aromatic N) is 6. The van der Waals surface area contributed by atoms with Crippen LogP contribution >= 0.6 is 11.6 Å². The highest BCUT2D eigenvalue weighted by atomic mass is 35.5. The van der Waals surface area contributed by atoms with Gasteiger partial charge in [-0.25, -0.2) is 9.97 Å². The van der Waals surface area contributed by atoms with Crippen LogP contribution in [-0.4, -0.2) is 49.3 Å². The van der Waals surface area contributed by atoms with Crippen molar-refractivity contribution in [3.05, 3.63) is 35.2 Å². The first-order valence-electron chi connectivity index (χ1n) is 12.5. The summed E-state index contributed by atoms with van der Waals surface area (Å²) in [5, 5.41) is 12.7. The summed E-state index contributed by atoms with van der Waals surface area (Å²) in [6.45, 7) is 3.00. The molecule has 0 amide bonds. The number of oxime groups is 1. The molecule has 0 unspecified atom stereocenters. The first-order chi connectivity index (χ1) is 17.7. The third-order valence-corrected chi connectivity index (χ3v) is 7.72. The lowest BCUT2D eigenvalue weighted by Crippen LogP contribution is -2.42. The number of halogens is 4. The van der Waals surface area contributed by atoms with Crippen molar-refractivity contribution in [1.82, 2.24) is 19.5 Å². The zero-order chi connectivity index (χ0) is 26.3. The monoisotopic (exact) mass is 535 g/mol. The fourth-order valence-corrected chi connectivity index (χ4v) is 5.75. The van der Waals surface area contributed by atoms with Gasteiger partial charge in [-0.15, -0.1) is 0 Å². The zero-order valence-electron chi connectivity index (χ0n) is 20.4. The molecule has 1 saturated heterocycles. The van der Waals surface area contributed by atoms with Crippen LogP contribution in [0, 0.1) is 11.8 Å². The number of rotatable bonds is 5. The number of imidazole rings is 1. The minimum absolute atomic E-state index is 0.0202. The lowest BCUT2D eigenvalue weighted by atomic mass is 9.83. The Kier molecular flexibility index (Phi) is 6.91. The summed E-state index contributed by atoms with van der Waals surface area (Å²) >= 11 is 6.23. The number of aromatic nitrogens is 4. The first-order valence-corrected chi connectivity index (χ1v) is 12.9.